The van der Waals surface area contributed by atoms with E-state index < -0.39 is 5.60 Å². The largest absolute Gasteiger partial charge is 0.388 e. The van der Waals surface area contributed by atoms with Crippen molar-refractivity contribution >= 4 is 0 Å². The molecule has 1 saturated carbocycles. The van der Waals surface area contributed by atoms with Crippen molar-refractivity contribution in [3.63, 3.8) is 0 Å². The zero-order chi connectivity index (χ0) is 13.6. The average molecular weight is 258 g/mol. The fourth-order valence-electron chi connectivity index (χ4n) is 1.90. The molecule has 108 valence electrons. The van der Waals surface area contributed by atoms with E-state index in [1.165, 1.54) is 12.8 Å². The van der Waals surface area contributed by atoms with Crippen LogP contribution in [-0.2, 0) is 4.74 Å². The number of nitrogens with zero attached hydrogens (tertiary/aromatic N) is 1. The summed E-state index contributed by atoms with van der Waals surface area (Å²) in [6, 6.07) is 0.406. The van der Waals surface area contributed by atoms with Crippen LogP contribution in [-0.4, -0.2) is 61.5 Å². The van der Waals surface area contributed by atoms with Crippen molar-refractivity contribution in [3.8, 4) is 0 Å². The highest BCUT2D eigenvalue weighted by molar-refractivity contribution is 4.79. The van der Waals surface area contributed by atoms with Gasteiger partial charge in [0.25, 0.3) is 0 Å². The Balaban J connectivity index is 2.06. The molecule has 1 aliphatic carbocycles. The predicted octanol–water partition coefficient (Wildman–Crippen LogP) is 1.09. The lowest BCUT2D eigenvalue weighted by Crippen LogP contribution is -2.48. The summed E-state index contributed by atoms with van der Waals surface area (Å²) in [7, 11) is 2.03. The molecule has 1 aliphatic rings. The van der Waals surface area contributed by atoms with Crippen LogP contribution in [0, 0.1) is 5.92 Å². The summed E-state index contributed by atoms with van der Waals surface area (Å²) in [5, 5.41) is 13.5. The van der Waals surface area contributed by atoms with E-state index >= 15 is 0 Å². The summed E-state index contributed by atoms with van der Waals surface area (Å²) in [6.07, 6.45) is 2.68. The second kappa shape index (κ2) is 7.43. The quantitative estimate of drug-likeness (QED) is 0.576. The highest BCUT2D eigenvalue weighted by Crippen LogP contribution is 2.28. The molecule has 1 atom stereocenters. The molecule has 4 nitrogen and oxygen atoms in total. The van der Waals surface area contributed by atoms with E-state index in [0.717, 1.165) is 25.7 Å². The summed E-state index contributed by atoms with van der Waals surface area (Å²) >= 11 is 0. The van der Waals surface area contributed by atoms with E-state index in [2.05, 4.69) is 24.1 Å². The van der Waals surface area contributed by atoms with Gasteiger partial charge in [-0.25, -0.2) is 0 Å². The zero-order valence-corrected chi connectivity index (χ0v) is 12.4. The van der Waals surface area contributed by atoms with Gasteiger partial charge in [0.15, 0.2) is 0 Å². The van der Waals surface area contributed by atoms with Crippen molar-refractivity contribution in [1.29, 1.82) is 0 Å². The Morgan fingerprint density at radius 3 is 2.67 bits per heavy atom. The van der Waals surface area contributed by atoms with Crippen molar-refractivity contribution in [2.24, 2.45) is 5.92 Å². The Kier molecular flexibility index (Phi) is 6.57. The van der Waals surface area contributed by atoms with Crippen LogP contribution in [0.25, 0.3) is 0 Å². The number of hydrogen-bond acceptors (Lipinski definition) is 4. The van der Waals surface area contributed by atoms with Crippen molar-refractivity contribution in [3.05, 3.63) is 0 Å². The Bertz CT molecular complexity index is 228. The van der Waals surface area contributed by atoms with Crippen LogP contribution in [0.3, 0.4) is 0 Å². The molecule has 0 aromatic heterocycles. The Morgan fingerprint density at radius 2 is 2.11 bits per heavy atom. The van der Waals surface area contributed by atoms with Crippen molar-refractivity contribution in [2.75, 3.05) is 39.9 Å². The van der Waals surface area contributed by atoms with E-state index in [0.29, 0.717) is 19.1 Å². The normalized spacial score (nSPS) is 19.5. The highest BCUT2D eigenvalue weighted by Gasteiger charge is 2.23. The molecule has 0 radical (unpaired) electrons. The van der Waals surface area contributed by atoms with Gasteiger partial charge in [0.1, 0.15) is 0 Å². The molecule has 0 saturated heterocycles. The predicted molar refractivity (Wildman–Crippen MR) is 74.8 cm³/mol. The van der Waals surface area contributed by atoms with Gasteiger partial charge >= 0.3 is 0 Å². The van der Waals surface area contributed by atoms with Crippen molar-refractivity contribution in [2.45, 2.75) is 45.3 Å². The Labute approximate surface area is 112 Å². The third-order valence-electron chi connectivity index (χ3n) is 3.17. The van der Waals surface area contributed by atoms with Crippen LogP contribution in [0.5, 0.6) is 0 Å². The number of aliphatic hydroxyl groups is 1. The first-order valence-corrected chi connectivity index (χ1v) is 7.11. The number of rotatable bonds is 10. The third kappa shape index (κ3) is 8.03. The number of ether oxygens (including phenoxy) is 1. The van der Waals surface area contributed by atoms with Gasteiger partial charge in [-0.15, -0.1) is 0 Å². The second-order valence-electron chi connectivity index (χ2n) is 6.29. The second-order valence-corrected chi connectivity index (χ2v) is 6.29. The first-order chi connectivity index (χ1) is 8.39. The lowest BCUT2D eigenvalue weighted by atomic mass is 10.1. The fraction of sp³-hybridized carbons (Fsp3) is 1.00. The van der Waals surface area contributed by atoms with Crippen LogP contribution >= 0.6 is 0 Å². The average Bonchev–Trinajstić information content (AvgIpc) is 3.05. The molecule has 0 heterocycles. The van der Waals surface area contributed by atoms with E-state index in [1.54, 1.807) is 0 Å². The topological polar surface area (TPSA) is 44.7 Å². The van der Waals surface area contributed by atoms with Gasteiger partial charge in [-0.3, -0.25) is 0 Å². The molecule has 0 aliphatic heterocycles. The molecule has 1 unspecified atom stereocenters. The first-order valence-electron chi connectivity index (χ1n) is 7.11. The van der Waals surface area contributed by atoms with Crippen molar-refractivity contribution in [1.82, 2.24) is 10.2 Å². The first kappa shape index (κ1) is 15.9. The standard InChI is InChI=1S/C14H30N2O2/c1-12(2)15-10-14(3,17)11-16(4)7-8-18-9-13-5-6-13/h12-13,15,17H,5-11H2,1-4H3. The van der Waals surface area contributed by atoms with Gasteiger partial charge in [-0.05, 0) is 32.7 Å². The van der Waals surface area contributed by atoms with Crippen LogP contribution in [0.2, 0.25) is 0 Å². The fourth-order valence-corrected chi connectivity index (χ4v) is 1.90. The number of hydrogen-bond donors (Lipinski definition) is 2. The van der Waals surface area contributed by atoms with Crippen LogP contribution < -0.4 is 5.32 Å². The Morgan fingerprint density at radius 1 is 1.44 bits per heavy atom. The van der Waals surface area contributed by atoms with Crippen LogP contribution in [0.15, 0.2) is 0 Å². The smallest absolute Gasteiger partial charge is 0.0869 e. The van der Waals surface area contributed by atoms with E-state index in [-0.39, 0.29) is 0 Å². The van der Waals surface area contributed by atoms with E-state index in [9.17, 15) is 5.11 Å². The highest BCUT2D eigenvalue weighted by atomic mass is 16.5. The minimum Gasteiger partial charge on any atom is -0.388 e. The third-order valence-corrected chi connectivity index (χ3v) is 3.17. The minimum atomic E-state index is -0.685. The van der Waals surface area contributed by atoms with Crippen LogP contribution in [0.4, 0.5) is 0 Å². The van der Waals surface area contributed by atoms with Crippen molar-refractivity contribution < 1.29 is 9.84 Å². The van der Waals surface area contributed by atoms with Gasteiger partial charge in [-0.2, -0.15) is 0 Å². The van der Waals surface area contributed by atoms with Gasteiger partial charge in [-0.1, -0.05) is 13.8 Å². The summed E-state index contributed by atoms with van der Waals surface area (Å²) in [5.41, 5.74) is -0.685. The maximum atomic E-state index is 10.2. The molecule has 0 amide bonds. The van der Waals surface area contributed by atoms with E-state index in [4.69, 9.17) is 4.74 Å². The SMILES string of the molecule is CC(C)NCC(C)(O)CN(C)CCOCC1CC1. The van der Waals surface area contributed by atoms with Gasteiger partial charge in [0, 0.05) is 32.3 Å². The number of nitrogens with one attached hydrogen (secondary N) is 1. The molecule has 0 aromatic carbocycles. The van der Waals surface area contributed by atoms with E-state index in [1.807, 2.05) is 14.0 Å². The molecular weight excluding hydrogens is 228 g/mol. The summed E-state index contributed by atoms with van der Waals surface area (Å²) in [5.74, 6) is 0.827. The monoisotopic (exact) mass is 258 g/mol. The molecule has 18 heavy (non-hydrogen) atoms. The van der Waals surface area contributed by atoms with Gasteiger partial charge < -0.3 is 20.1 Å². The molecule has 1 fully saturated rings. The zero-order valence-electron chi connectivity index (χ0n) is 12.4. The maximum absolute atomic E-state index is 10.2. The Hall–Kier alpha value is -0.160. The maximum Gasteiger partial charge on any atom is 0.0869 e. The summed E-state index contributed by atoms with van der Waals surface area (Å²) in [4.78, 5) is 2.13. The molecule has 2 N–H and O–H groups in total. The molecule has 4 heteroatoms. The number of likely N-dealkylation sites (N-methyl/N-ethyl adjacent to an activating group) is 1. The molecule has 0 bridgehead atoms. The lowest BCUT2D eigenvalue weighted by Gasteiger charge is -2.30. The minimum absolute atomic E-state index is 0.406. The molecule has 1 rings (SSSR count). The lowest BCUT2D eigenvalue weighted by molar-refractivity contribution is 0.0162. The van der Waals surface area contributed by atoms with Crippen LogP contribution in [0.1, 0.15) is 33.6 Å². The van der Waals surface area contributed by atoms with Gasteiger partial charge in [0.2, 0.25) is 0 Å². The summed E-state index contributed by atoms with van der Waals surface area (Å²) in [6.45, 7) is 9.91. The molecule has 0 aromatic rings. The molecule has 0 spiro atoms. The molecular formula is C14H30N2O2. The van der Waals surface area contributed by atoms with Gasteiger partial charge in [0.05, 0.1) is 12.2 Å². The summed E-state index contributed by atoms with van der Waals surface area (Å²) < 4.78 is 5.60.